The molecule has 0 spiro atoms. The first-order valence-corrected chi connectivity index (χ1v) is 7.25. The Kier molecular flexibility index (Phi) is 2.43. The van der Waals surface area contributed by atoms with Crippen LogP contribution in [0.25, 0.3) is 22.0 Å². The fourth-order valence-electron chi connectivity index (χ4n) is 3.54. The van der Waals surface area contributed by atoms with Crippen LogP contribution in [0.4, 0.5) is 0 Å². The molecule has 1 aromatic heterocycles. The van der Waals surface area contributed by atoms with Crippen molar-refractivity contribution < 1.29 is 4.57 Å². The number of hydrogen-bond donors (Lipinski definition) is 0. The van der Waals surface area contributed by atoms with Crippen LogP contribution in [0.3, 0.4) is 0 Å². The van der Waals surface area contributed by atoms with E-state index in [0.717, 1.165) is 0 Å². The summed E-state index contributed by atoms with van der Waals surface area (Å²) in [5, 5.41) is 2.93. The molecule has 1 heterocycles. The van der Waals surface area contributed by atoms with Gasteiger partial charge in [-0.25, -0.2) is 4.57 Å². The Labute approximate surface area is 119 Å². The van der Waals surface area contributed by atoms with Gasteiger partial charge in [-0.2, -0.15) is 0 Å². The Bertz CT molecular complexity index is 831. The first-order chi connectivity index (χ1) is 9.75. The lowest BCUT2D eigenvalue weighted by atomic mass is 9.94. The van der Waals surface area contributed by atoms with Crippen LogP contribution in [-0.2, 0) is 19.9 Å². The molecule has 0 unspecified atom stereocenters. The predicted octanol–water partition coefficient (Wildman–Crippen LogP) is 3.74. The Morgan fingerprint density at radius 2 is 1.80 bits per heavy atom. The first-order valence-electron chi connectivity index (χ1n) is 7.25. The molecule has 1 heteroatoms. The van der Waals surface area contributed by atoms with E-state index in [0.29, 0.717) is 0 Å². The molecule has 98 valence electrons. The van der Waals surface area contributed by atoms with E-state index in [1.54, 1.807) is 0 Å². The molecule has 0 N–H and O–H groups in total. The van der Waals surface area contributed by atoms with E-state index < -0.39 is 0 Å². The first kappa shape index (κ1) is 11.7. The fraction of sp³-hybridized carbons (Fsp3) is 0.211. The summed E-state index contributed by atoms with van der Waals surface area (Å²) >= 11 is 0. The molecule has 0 radical (unpaired) electrons. The quantitative estimate of drug-likeness (QED) is 0.587. The van der Waals surface area contributed by atoms with E-state index in [-0.39, 0.29) is 0 Å². The van der Waals surface area contributed by atoms with Gasteiger partial charge in [0.1, 0.15) is 7.05 Å². The third kappa shape index (κ3) is 1.53. The largest absolute Gasteiger partial charge is 0.212 e. The molecule has 0 saturated heterocycles. The van der Waals surface area contributed by atoms with Crippen LogP contribution in [0.1, 0.15) is 16.7 Å². The average Bonchev–Trinajstić information content (AvgIpc) is 2.88. The second kappa shape index (κ2) is 4.17. The predicted molar refractivity (Wildman–Crippen MR) is 82.7 cm³/mol. The van der Waals surface area contributed by atoms with E-state index in [1.807, 2.05) is 0 Å². The maximum Gasteiger partial charge on any atom is 0.212 e. The Balaban J connectivity index is 2.10. The van der Waals surface area contributed by atoms with Crippen LogP contribution < -0.4 is 4.57 Å². The number of hydrogen-bond acceptors (Lipinski definition) is 0. The second-order valence-electron chi connectivity index (χ2n) is 5.74. The molecule has 0 aliphatic heterocycles. The van der Waals surface area contributed by atoms with Crippen LogP contribution >= 0.6 is 0 Å². The van der Waals surface area contributed by atoms with Gasteiger partial charge in [0.15, 0.2) is 6.20 Å². The summed E-state index contributed by atoms with van der Waals surface area (Å²) in [6.45, 7) is 2.25. The molecule has 0 bridgehead atoms. The molecular weight excluding hydrogens is 242 g/mol. The lowest BCUT2D eigenvalue weighted by Gasteiger charge is -2.10. The van der Waals surface area contributed by atoms with Crippen molar-refractivity contribution in [2.75, 3.05) is 0 Å². The van der Waals surface area contributed by atoms with E-state index in [1.165, 1.54) is 51.6 Å². The minimum Gasteiger partial charge on any atom is -0.201 e. The van der Waals surface area contributed by atoms with Gasteiger partial charge in [-0.05, 0) is 59.4 Å². The van der Waals surface area contributed by atoms with Crippen molar-refractivity contribution in [2.45, 2.75) is 19.8 Å². The highest BCUT2D eigenvalue weighted by molar-refractivity contribution is 5.97. The number of rotatable bonds is 1. The summed E-state index contributed by atoms with van der Waals surface area (Å²) in [5.41, 5.74) is 7.09. The van der Waals surface area contributed by atoms with Gasteiger partial charge in [0, 0.05) is 17.7 Å². The summed E-state index contributed by atoms with van der Waals surface area (Å²) in [4.78, 5) is 0. The standard InChI is InChI=1S/C19H18N/c1-13-16-7-5-6-14-9-10-15(19(14)16)12-17(13)18-8-3-4-11-20(18)2/h3-8,11-12H,9-10H2,1-2H3/q+1. The van der Waals surface area contributed by atoms with Crippen molar-refractivity contribution in [1.29, 1.82) is 0 Å². The molecule has 1 aliphatic rings. The van der Waals surface area contributed by atoms with Gasteiger partial charge in [0.05, 0.1) is 0 Å². The van der Waals surface area contributed by atoms with Gasteiger partial charge < -0.3 is 0 Å². The van der Waals surface area contributed by atoms with Crippen molar-refractivity contribution in [3.05, 3.63) is 65.4 Å². The number of nitrogens with zero attached hydrogens (tertiary/aromatic N) is 1. The molecule has 1 aliphatic carbocycles. The van der Waals surface area contributed by atoms with Crippen LogP contribution in [-0.4, -0.2) is 0 Å². The van der Waals surface area contributed by atoms with Crippen LogP contribution in [0.5, 0.6) is 0 Å². The zero-order valence-corrected chi connectivity index (χ0v) is 12.0. The van der Waals surface area contributed by atoms with Crippen molar-refractivity contribution in [2.24, 2.45) is 7.05 Å². The third-order valence-corrected chi connectivity index (χ3v) is 4.59. The number of benzene rings is 2. The van der Waals surface area contributed by atoms with E-state index in [2.05, 4.69) is 67.2 Å². The molecule has 0 amide bonds. The van der Waals surface area contributed by atoms with Crippen LogP contribution in [0.15, 0.2) is 48.7 Å². The Morgan fingerprint density at radius 3 is 2.65 bits per heavy atom. The normalized spacial score (nSPS) is 13.1. The minimum absolute atomic E-state index is 1.18. The number of aromatic nitrogens is 1. The lowest BCUT2D eigenvalue weighted by molar-refractivity contribution is -0.660. The van der Waals surface area contributed by atoms with Crippen LogP contribution in [0.2, 0.25) is 0 Å². The van der Waals surface area contributed by atoms with Gasteiger partial charge in [0.2, 0.25) is 5.69 Å². The van der Waals surface area contributed by atoms with Crippen molar-refractivity contribution >= 4 is 10.8 Å². The van der Waals surface area contributed by atoms with E-state index in [4.69, 9.17) is 0 Å². The average molecular weight is 260 g/mol. The second-order valence-corrected chi connectivity index (χ2v) is 5.74. The molecule has 0 saturated carbocycles. The molecule has 2 aromatic carbocycles. The monoisotopic (exact) mass is 260 g/mol. The van der Waals surface area contributed by atoms with Crippen molar-refractivity contribution in [3.8, 4) is 11.3 Å². The summed E-state index contributed by atoms with van der Waals surface area (Å²) < 4.78 is 2.21. The van der Waals surface area contributed by atoms with Gasteiger partial charge in [0.25, 0.3) is 0 Å². The summed E-state index contributed by atoms with van der Waals surface area (Å²) in [7, 11) is 2.12. The van der Waals surface area contributed by atoms with Gasteiger partial charge in [-0.3, -0.25) is 0 Å². The summed E-state index contributed by atoms with van der Waals surface area (Å²) in [6.07, 6.45) is 4.49. The minimum atomic E-state index is 1.18. The molecule has 4 rings (SSSR count). The molecule has 3 aromatic rings. The molecular formula is C19H18N+. The van der Waals surface area contributed by atoms with E-state index >= 15 is 0 Å². The molecule has 20 heavy (non-hydrogen) atoms. The number of aryl methyl sites for hydroxylation is 4. The molecule has 1 nitrogen and oxygen atoms in total. The molecule has 0 atom stereocenters. The van der Waals surface area contributed by atoms with Crippen molar-refractivity contribution in [1.82, 2.24) is 0 Å². The Hall–Kier alpha value is -2.15. The van der Waals surface area contributed by atoms with E-state index in [9.17, 15) is 0 Å². The molecule has 0 fully saturated rings. The SMILES string of the molecule is Cc1c(-c2cccc[n+]2C)cc2c3c(cccc13)CC2. The zero-order valence-electron chi connectivity index (χ0n) is 12.0. The highest BCUT2D eigenvalue weighted by Gasteiger charge is 2.20. The van der Waals surface area contributed by atoms with Crippen molar-refractivity contribution in [3.63, 3.8) is 0 Å². The topological polar surface area (TPSA) is 3.88 Å². The highest BCUT2D eigenvalue weighted by Crippen LogP contribution is 2.37. The maximum atomic E-state index is 2.41. The number of pyridine rings is 1. The lowest BCUT2D eigenvalue weighted by Crippen LogP contribution is -2.30. The van der Waals surface area contributed by atoms with Gasteiger partial charge in [-0.15, -0.1) is 0 Å². The van der Waals surface area contributed by atoms with Crippen LogP contribution in [0, 0.1) is 6.92 Å². The summed E-state index contributed by atoms with van der Waals surface area (Å²) in [5.74, 6) is 0. The van der Waals surface area contributed by atoms with Gasteiger partial charge >= 0.3 is 0 Å². The maximum absolute atomic E-state index is 2.41. The fourth-order valence-corrected chi connectivity index (χ4v) is 3.54. The van der Waals surface area contributed by atoms with Gasteiger partial charge in [-0.1, -0.05) is 18.2 Å². The smallest absolute Gasteiger partial charge is 0.201 e. The Morgan fingerprint density at radius 1 is 0.950 bits per heavy atom. The summed E-state index contributed by atoms with van der Waals surface area (Å²) in [6, 6.07) is 15.6. The highest BCUT2D eigenvalue weighted by atomic mass is 14.9. The zero-order chi connectivity index (χ0) is 13.7. The third-order valence-electron chi connectivity index (χ3n) is 4.59.